The summed E-state index contributed by atoms with van der Waals surface area (Å²) in [6, 6.07) is 10.1. The van der Waals surface area contributed by atoms with Crippen LogP contribution in [-0.4, -0.2) is 17.6 Å². The Balaban J connectivity index is 2.10. The second-order valence-corrected chi connectivity index (χ2v) is 6.30. The molecule has 0 fully saturated rings. The van der Waals surface area contributed by atoms with Crippen LogP contribution in [0.5, 0.6) is 11.5 Å². The van der Waals surface area contributed by atoms with E-state index in [1.54, 1.807) is 31.2 Å². The van der Waals surface area contributed by atoms with Crippen molar-refractivity contribution in [2.24, 2.45) is 0 Å². The van der Waals surface area contributed by atoms with Gasteiger partial charge in [0.1, 0.15) is 11.5 Å². The molecular weight excluding hydrogens is 402 g/mol. The standard InChI is InChI=1S/C19H16BrNO5/c1-3-17(22)25-12-6-7-15-13(10-12)19(23)26-18(21-15)14-9-11(20)5-8-16(14)24-4-2/h5-10H,3-4H2,1-2H3. The summed E-state index contributed by atoms with van der Waals surface area (Å²) in [4.78, 5) is 28.3. The van der Waals surface area contributed by atoms with Crippen LogP contribution in [0, 0.1) is 0 Å². The predicted octanol–water partition coefficient (Wildman–Crippen LogP) is 4.33. The van der Waals surface area contributed by atoms with Gasteiger partial charge in [0.15, 0.2) is 0 Å². The van der Waals surface area contributed by atoms with Crippen molar-refractivity contribution in [3.63, 3.8) is 0 Å². The third-order valence-corrected chi connectivity index (χ3v) is 4.08. The number of aromatic nitrogens is 1. The molecule has 0 saturated carbocycles. The first-order valence-electron chi connectivity index (χ1n) is 8.10. The number of hydrogen-bond acceptors (Lipinski definition) is 6. The van der Waals surface area contributed by atoms with E-state index in [1.165, 1.54) is 6.07 Å². The van der Waals surface area contributed by atoms with Crippen LogP contribution in [0.15, 0.2) is 50.1 Å². The Morgan fingerprint density at radius 2 is 2.00 bits per heavy atom. The van der Waals surface area contributed by atoms with Crippen LogP contribution in [0.2, 0.25) is 0 Å². The van der Waals surface area contributed by atoms with Gasteiger partial charge >= 0.3 is 11.6 Å². The number of carbonyl (C=O) groups excluding carboxylic acids is 1. The molecule has 134 valence electrons. The third-order valence-electron chi connectivity index (χ3n) is 3.59. The van der Waals surface area contributed by atoms with Crippen molar-refractivity contribution < 1.29 is 18.7 Å². The number of benzene rings is 2. The van der Waals surface area contributed by atoms with Gasteiger partial charge in [-0.1, -0.05) is 22.9 Å². The second kappa shape index (κ2) is 7.70. The second-order valence-electron chi connectivity index (χ2n) is 5.39. The van der Waals surface area contributed by atoms with Crippen molar-refractivity contribution in [2.75, 3.05) is 6.61 Å². The van der Waals surface area contributed by atoms with Crippen molar-refractivity contribution in [2.45, 2.75) is 20.3 Å². The summed E-state index contributed by atoms with van der Waals surface area (Å²) in [5.41, 5.74) is 0.443. The van der Waals surface area contributed by atoms with Gasteiger partial charge in [-0.2, -0.15) is 0 Å². The maximum absolute atomic E-state index is 12.4. The fourth-order valence-electron chi connectivity index (χ4n) is 2.38. The van der Waals surface area contributed by atoms with E-state index in [0.29, 0.717) is 23.4 Å². The summed E-state index contributed by atoms with van der Waals surface area (Å²) in [7, 11) is 0. The molecule has 7 heteroatoms. The van der Waals surface area contributed by atoms with Gasteiger partial charge in [0.25, 0.3) is 0 Å². The van der Waals surface area contributed by atoms with E-state index < -0.39 is 5.63 Å². The Morgan fingerprint density at radius 3 is 2.73 bits per heavy atom. The molecular formula is C19H16BrNO5. The first kappa shape index (κ1) is 18.1. The van der Waals surface area contributed by atoms with Crippen LogP contribution >= 0.6 is 15.9 Å². The number of carbonyl (C=O) groups is 1. The van der Waals surface area contributed by atoms with Crippen molar-refractivity contribution in [1.29, 1.82) is 0 Å². The van der Waals surface area contributed by atoms with Gasteiger partial charge in [-0.25, -0.2) is 9.78 Å². The minimum absolute atomic E-state index is 0.158. The third kappa shape index (κ3) is 3.77. The van der Waals surface area contributed by atoms with Crippen LogP contribution in [0.4, 0.5) is 0 Å². The largest absolute Gasteiger partial charge is 0.493 e. The molecule has 2 aromatic carbocycles. The lowest BCUT2D eigenvalue weighted by atomic mass is 10.2. The molecule has 0 unspecified atom stereocenters. The lowest BCUT2D eigenvalue weighted by Gasteiger charge is -2.10. The molecule has 0 spiro atoms. The van der Waals surface area contributed by atoms with Crippen LogP contribution < -0.4 is 15.1 Å². The minimum atomic E-state index is -0.568. The van der Waals surface area contributed by atoms with Gasteiger partial charge in [-0.3, -0.25) is 4.79 Å². The molecule has 0 aliphatic carbocycles. The van der Waals surface area contributed by atoms with Crippen LogP contribution in [0.25, 0.3) is 22.4 Å². The average molecular weight is 418 g/mol. The van der Waals surface area contributed by atoms with Gasteiger partial charge < -0.3 is 13.9 Å². The maximum atomic E-state index is 12.4. The molecule has 0 atom stereocenters. The summed E-state index contributed by atoms with van der Waals surface area (Å²) in [5, 5.41) is 0.239. The van der Waals surface area contributed by atoms with E-state index in [2.05, 4.69) is 20.9 Å². The highest BCUT2D eigenvalue weighted by molar-refractivity contribution is 9.10. The monoisotopic (exact) mass is 417 g/mol. The highest BCUT2D eigenvalue weighted by Crippen LogP contribution is 2.32. The molecule has 0 radical (unpaired) electrons. The number of ether oxygens (including phenoxy) is 2. The zero-order valence-corrected chi connectivity index (χ0v) is 15.8. The van der Waals surface area contributed by atoms with Crippen LogP contribution in [-0.2, 0) is 4.79 Å². The fraction of sp³-hybridized carbons (Fsp3) is 0.211. The predicted molar refractivity (Wildman–Crippen MR) is 101 cm³/mol. The molecule has 0 amide bonds. The van der Waals surface area contributed by atoms with Gasteiger partial charge in [0, 0.05) is 10.9 Å². The Morgan fingerprint density at radius 1 is 1.19 bits per heavy atom. The van der Waals surface area contributed by atoms with E-state index in [1.807, 2.05) is 13.0 Å². The first-order chi connectivity index (χ1) is 12.5. The molecule has 3 aromatic rings. The van der Waals surface area contributed by atoms with E-state index in [4.69, 9.17) is 13.9 Å². The Hall–Kier alpha value is -2.67. The van der Waals surface area contributed by atoms with E-state index in [9.17, 15) is 9.59 Å². The molecule has 0 bridgehead atoms. The number of rotatable bonds is 5. The molecule has 26 heavy (non-hydrogen) atoms. The summed E-state index contributed by atoms with van der Waals surface area (Å²) in [6.45, 7) is 4.03. The maximum Gasteiger partial charge on any atom is 0.347 e. The molecule has 6 nitrogen and oxygen atoms in total. The smallest absolute Gasteiger partial charge is 0.347 e. The number of fused-ring (bicyclic) bond motifs is 1. The minimum Gasteiger partial charge on any atom is -0.493 e. The number of hydrogen-bond donors (Lipinski definition) is 0. The van der Waals surface area contributed by atoms with Crippen molar-refractivity contribution in [3.8, 4) is 23.0 Å². The number of nitrogens with zero attached hydrogens (tertiary/aromatic N) is 1. The average Bonchev–Trinajstić information content (AvgIpc) is 2.63. The lowest BCUT2D eigenvalue weighted by Crippen LogP contribution is -2.07. The molecule has 1 aromatic heterocycles. The molecule has 1 heterocycles. The summed E-state index contributed by atoms with van der Waals surface area (Å²) in [6.07, 6.45) is 0.243. The summed E-state index contributed by atoms with van der Waals surface area (Å²) in [5.74, 6) is 0.627. The van der Waals surface area contributed by atoms with Crippen molar-refractivity contribution in [3.05, 3.63) is 51.3 Å². The Bertz CT molecular complexity index is 1030. The molecule has 0 aliphatic heterocycles. The Kier molecular flexibility index (Phi) is 5.37. The zero-order valence-electron chi connectivity index (χ0n) is 14.2. The highest BCUT2D eigenvalue weighted by Gasteiger charge is 2.15. The van der Waals surface area contributed by atoms with Crippen molar-refractivity contribution >= 4 is 32.8 Å². The number of halogens is 1. The zero-order chi connectivity index (χ0) is 18.7. The van der Waals surface area contributed by atoms with E-state index >= 15 is 0 Å². The van der Waals surface area contributed by atoms with Gasteiger partial charge in [0.2, 0.25) is 5.89 Å². The summed E-state index contributed by atoms with van der Waals surface area (Å²) < 4.78 is 16.9. The first-order valence-corrected chi connectivity index (χ1v) is 8.89. The fourth-order valence-corrected chi connectivity index (χ4v) is 2.75. The van der Waals surface area contributed by atoms with Crippen LogP contribution in [0.1, 0.15) is 20.3 Å². The van der Waals surface area contributed by atoms with Crippen molar-refractivity contribution in [1.82, 2.24) is 4.98 Å². The van der Waals surface area contributed by atoms with Gasteiger partial charge in [0.05, 0.1) is 23.1 Å². The number of esters is 1. The van der Waals surface area contributed by atoms with Gasteiger partial charge in [-0.05, 0) is 43.3 Å². The highest BCUT2D eigenvalue weighted by atomic mass is 79.9. The Labute approximate surface area is 157 Å². The topological polar surface area (TPSA) is 78.6 Å². The molecule has 0 aliphatic rings. The normalized spacial score (nSPS) is 10.7. The lowest BCUT2D eigenvalue weighted by molar-refractivity contribution is -0.134. The van der Waals surface area contributed by atoms with E-state index in [-0.39, 0.29) is 29.4 Å². The quantitative estimate of drug-likeness (QED) is 0.453. The van der Waals surface area contributed by atoms with Gasteiger partial charge in [-0.15, -0.1) is 0 Å². The van der Waals surface area contributed by atoms with E-state index in [0.717, 1.165) is 4.47 Å². The molecule has 0 saturated heterocycles. The SMILES string of the molecule is CCOc1ccc(Br)cc1-c1nc2ccc(OC(=O)CC)cc2c(=O)o1. The summed E-state index contributed by atoms with van der Waals surface area (Å²) >= 11 is 3.40. The molecule has 0 N–H and O–H groups in total. The van der Waals surface area contributed by atoms with Crippen LogP contribution in [0.3, 0.4) is 0 Å². The molecule has 3 rings (SSSR count).